The zero-order valence-electron chi connectivity index (χ0n) is 14.5. The Labute approximate surface area is 150 Å². The Hall–Kier alpha value is -3.42. The van der Waals surface area contributed by atoms with Crippen LogP contribution in [0.4, 0.5) is 10.5 Å². The molecular weight excluding hydrogens is 334 g/mol. The predicted octanol–water partition coefficient (Wildman–Crippen LogP) is 1.94. The van der Waals surface area contributed by atoms with Crippen molar-refractivity contribution in [3.8, 4) is 0 Å². The second-order valence-electron chi connectivity index (χ2n) is 5.73. The summed E-state index contributed by atoms with van der Waals surface area (Å²) in [5.74, 6) is 0.195. The summed E-state index contributed by atoms with van der Waals surface area (Å²) in [6.07, 6.45) is 2.13. The molecule has 3 aromatic rings. The fourth-order valence-electron chi connectivity index (χ4n) is 2.63. The first-order chi connectivity index (χ1) is 12.6. The van der Waals surface area contributed by atoms with Crippen LogP contribution in [-0.2, 0) is 16.0 Å². The van der Waals surface area contributed by atoms with Gasteiger partial charge in [0, 0.05) is 12.6 Å². The first-order valence-electron chi connectivity index (χ1n) is 8.08. The Balaban J connectivity index is 1.74. The quantitative estimate of drug-likeness (QED) is 0.683. The number of nitrogens with one attached hydrogen (secondary N) is 2. The van der Waals surface area contributed by atoms with Gasteiger partial charge in [-0.15, -0.1) is 10.2 Å². The minimum absolute atomic E-state index is 0.329. The van der Waals surface area contributed by atoms with Crippen LogP contribution in [0.5, 0.6) is 0 Å². The molecule has 8 nitrogen and oxygen atoms in total. The van der Waals surface area contributed by atoms with Gasteiger partial charge in [-0.05, 0) is 24.6 Å². The summed E-state index contributed by atoms with van der Waals surface area (Å²) >= 11 is 0. The largest absolute Gasteiger partial charge is 0.467 e. The van der Waals surface area contributed by atoms with E-state index in [9.17, 15) is 9.59 Å². The van der Waals surface area contributed by atoms with Crippen molar-refractivity contribution in [2.24, 2.45) is 0 Å². The van der Waals surface area contributed by atoms with Gasteiger partial charge >= 0.3 is 12.0 Å². The molecule has 1 unspecified atom stereocenters. The Morgan fingerprint density at radius 2 is 1.92 bits per heavy atom. The highest BCUT2D eigenvalue weighted by atomic mass is 16.5. The summed E-state index contributed by atoms with van der Waals surface area (Å²) in [5.41, 5.74) is 1.94. The molecule has 2 N–H and O–H groups in total. The molecule has 8 heteroatoms. The van der Waals surface area contributed by atoms with E-state index in [1.54, 1.807) is 22.7 Å². The van der Waals surface area contributed by atoms with Gasteiger partial charge in [-0.1, -0.05) is 30.3 Å². The molecule has 0 spiro atoms. The van der Waals surface area contributed by atoms with Crippen molar-refractivity contribution in [2.45, 2.75) is 19.4 Å². The predicted molar refractivity (Wildman–Crippen MR) is 95.8 cm³/mol. The van der Waals surface area contributed by atoms with E-state index in [2.05, 4.69) is 20.8 Å². The van der Waals surface area contributed by atoms with Crippen LogP contribution < -0.4 is 10.6 Å². The van der Waals surface area contributed by atoms with E-state index in [0.717, 1.165) is 5.56 Å². The van der Waals surface area contributed by atoms with Gasteiger partial charge in [-0.3, -0.25) is 4.40 Å². The number of ether oxygens (including phenoxy) is 1. The zero-order chi connectivity index (χ0) is 18.5. The number of carbonyl (C=O) groups excluding carboxylic acids is 2. The number of aryl methyl sites for hydroxylation is 1. The number of hydrogen-bond acceptors (Lipinski definition) is 5. The molecule has 26 heavy (non-hydrogen) atoms. The topological polar surface area (TPSA) is 97.6 Å². The highest BCUT2D eigenvalue weighted by Crippen LogP contribution is 2.15. The minimum Gasteiger partial charge on any atom is -0.467 e. The molecule has 0 saturated heterocycles. The third-order valence-electron chi connectivity index (χ3n) is 3.93. The van der Waals surface area contributed by atoms with E-state index >= 15 is 0 Å². The van der Waals surface area contributed by atoms with E-state index < -0.39 is 18.0 Å². The van der Waals surface area contributed by atoms with Crippen molar-refractivity contribution >= 4 is 23.3 Å². The lowest BCUT2D eigenvalue weighted by atomic mass is 10.1. The van der Waals surface area contributed by atoms with Crippen molar-refractivity contribution in [1.82, 2.24) is 19.9 Å². The third kappa shape index (κ3) is 3.80. The highest BCUT2D eigenvalue weighted by Gasteiger charge is 2.22. The molecule has 3 rings (SSSR count). The molecule has 0 saturated carbocycles. The number of nitrogens with zero attached hydrogens (tertiary/aromatic N) is 3. The van der Waals surface area contributed by atoms with Crippen LogP contribution >= 0.6 is 0 Å². The van der Waals surface area contributed by atoms with E-state index in [1.165, 1.54) is 7.11 Å². The molecule has 0 aliphatic rings. The van der Waals surface area contributed by atoms with Gasteiger partial charge in [-0.2, -0.15) is 0 Å². The van der Waals surface area contributed by atoms with Gasteiger partial charge in [0.15, 0.2) is 5.65 Å². The fourth-order valence-corrected chi connectivity index (χ4v) is 2.63. The first-order valence-corrected chi connectivity index (χ1v) is 8.08. The van der Waals surface area contributed by atoms with E-state index in [4.69, 9.17) is 4.74 Å². The molecule has 1 aromatic carbocycles. The Morgan fingerprint density at radius 3 is 2.65 bits per heavy atom. The second kappa shape index (κ2) is 7.64. The van der Waals surface area contributed by atoms with Gasteiger partial charge in [0.25, 0.3) is 0 Å². The lowest BCUT2D eigenvalue weighted by Gasteiger charge is -2.17. The summed E-state index contributed by atoms with van der Waals surface area (Å²) in [6.45, 7) is 1.82. The molecule has 0 bridgehead atoms. The monoisotopic (exact) mass is 353 g/mol. The van der Waals surface area contributed by atoms with E-state index in [0.29, 0.717) is 23.6 Å². The SMILES string of the molecule is COC(=O)C(Cc1ccccc1)NC(=O)Nc1cccn2c(C)nnc12. The second-order valence-corrected chi connectivity index (χ2v) is 5.73. The van der Waals surface area contributed by atoms with Crippen LogP contribution in [0.2, 0.25) is 0 Å². The number of fused-ring (bicyclic) bond motifs is 1. The number of amides is 2. The maximum absolute atomic E-state index is 12.4. The van der Waals surface area contributed by atoms with Crippen molar-refractivity contribution in [3.05, 3.63) is 60.0 Å². The summed E-state index contributed by atoms with van der Waals surface area (Å²) < 4.78 is 6.56. The molecule has 2 amide bonds. The number of rotatable bonds is 5. The maximum Gasteiger partial charge on any atom is 0.328 e. The molecule has 0 fully saturated rings. The van der Waals surface area contributed by atoms with Crippen molar-refractivity contribution in [1.29, 1.82) is 0 Å². The van der Waals surface area contributed by atoms with Crippen molar-refractivity contribution in [2.75, 3.05) is 12.4 Å². The van der Waals surface area contributed by atoms with Crippen LogP contribution in [0, 0.1) is 6.92 Å². The smallest absolute Gasteiger partial charge is 0.328 e. The summed E-state index contributed by atoms with van der Waals surface area (Å²) in [7, 11) is 1.29. The first kappa shape index (κ1) is 17.4. The normalized spacial score (nSPS) is 11.8. The number of benzene rings is 1. The summed E-state index contributed by atoms with van der Waals surface area (Å²) in [6, 6.07) is 11.6. The Morgan fingerprint density at radius 1 is 1.15 bits per heavy atom. The highest BCUT2D eigenvalue weighted by molar-refractivity contribution is 5.95. The maximum atomic E-state index is 12.4. The number of carbonyl (C=O) groups is 2. The van der Waals surface area contributed by atoms with Crippen LogP contribution in [0.15, 0.2) is 48.7 Å². The molecule has 0 aliphatic carbocycles. The molecule has 0 radical (unpaired) electrons. The van der Waals surface area contributed by atoms with Crippen LogP contribution in [0.25, 0.3) is 5.65 Å². The Bertz CT molecular complexity index is 923. The minimum atomic E-state index is -0.804. The van der Waals surface area contributed by atoms with E-state index in [-0.39, 0.29) is 0 Å². The third-order valence-corrected chi connectivity index (χ3v) is 3.93. The summed E-state index contributed by atoms with van der Waals surface area (Å²) in [4.78, 5) is 24.4. The molecule has 2 heterocycles. The van der Waals surface area contributed by atoms with Crippen LogP contribution in [-0.4, -0.2) is 39.8 Å². The van der Waals surface area contributed by atoms with Gasteiger partial charge in [0.05, 0.1) is 12.8 Å². The van der Waals surface area contributed by atoms with E-state index in [1.807, 2.05) is 37.3 Å². The number of esters is 1. The molecular formula is C18H19N5O3. The lowest BCUT2D eigenvalue weighted by Crippen LogP contribution is -2.45. The molecule has 1 atom stereocenters. The average molecular weight is 353 g/mol. The lowest BCUT2D eigenvalue weighted by molar-refractivity contribution is -0.142. The number of hydrogen-bond donors (Lipinski definition) is 2. The summed E-state index contributed by atoms with van der Waals surface area (Å²) in [5, 5.41) is 13.4. The van der Waals surface area contributed by atoms with Gasteiger partial charge in [-0.25, -0.2) is 9.59 Å². The Kier molecular flexibility index (Phi) is 5.12. The zero-order valence-corrected chi connectivity index (χ0v) is 14.5. The number of methoxy groups -OCH3 is 1. The van der Waals surface area contributed by atoms with Gasteiger partial charge in [0.1, 0.15) is 11.9 Å². The fraction of sp³-hybridized carbons (Fsp3) is 0.222. The average Bonchev–Trinajstić information content (AvgIpc) is 3.03. The number of anilines is 1. The molecule has 134 valence electrons. The standard InChI is InChI=1S/C18H19N5O3/c1-12-21-22-16-14(9-6-10-23(12)16)19-18(25)20-15(17(24)26-2)11-13-7-4-3-5-8-13/h3-10,15H,11H2,1-2H3,(H2,19,20,25). The van der Waals surface area contributed by atoms with Gasteiger partial charge in [0.2, 0.25) is 0 Å². The molecule has 2 aromatic heterocycles. The van der Waals surface area contributed by atoms with Crippen LogP contribution in [0.1, 0.15) is 11.4 Å². The number of pyridine rings is 1. The molecule has 0 aliphatic heterocycles. The van der Waals surface area contributed by atoms with Crippen molar-refractivity contribution < 1.29 is 14.3 Å². The number of aromatic nitrogens is 3. The van der Waals surface area contributed by atoms with Crippen LogP contribution in [0.3, 0.4) is 0 Å². The number of urea groups is 1. The van der Waals surface area contributed by atoms with Gasteiger partial charge < -0.3 is 15.4 Å². The van der Waals surface area contributed by atoms with Crippen molar-refractivity contribution in [3.63, 3.8) is 0 Å².